The Morgan fingerprint density at radius 3 is 2.46 bits per heavy atom. The van der Waals surface area contributed by atoms with E-state index in [9.17, 15) is 4.79 Å². The maximum atomic E-state index is 10.2. The summed E-state index contributed by atoms with van der Waals surface area (Å²) in [5, 5.41) is 6.59. The second-order valence-electron chi connectivity index (χ2n) is 6.25. The molecule has 0 aliphatic carbocycles. The van der Waals surface area contributed by atoms with Gasteiger partial charge < -0.3 is 15.4 Å². The molecule has 1 heterocycles. The third-order valence-corrected chi connectivity index (χ3v) is 4.61. The standard InChI is InChI=1S/C17H18ClNO2.C4H9N/c1-13-3-2-4-17(18)16(13)11-21-15-7-5-14(6-8-15)9-10-19-12-20;1-2-4-5-3-1/h2-8,12H,9-11H2,1H3,(H,19,20);5H,1-4H2. The summed E-state index contributed by atoms with van der Waals surface area (Å²) >= 11 is 6.18. The van der Waals surface area contributed by atoms with Crippen LogP contribution in [0.1, 0.15) is 29.5 Å². The number of hydrogen-bond acceptors (Lipinski definition) is 3. The van der Waals surface area contributed by atoms with Crippen molar-refractivity contribution in [2.75, 3.05) is 19.6 Å². The van der Waals surface area contributed by atoms with Crippen LogP contribution in [0.2, 0.25) is 5.02 Å². The maximum Gasteiger partial charge on any atom is 0.207 e. The van der Waals surface area contributed by atoms with Crippen LogP contribution in [0.3, 0.4) is 0 Å². The topological polar surface area (TPSA) is 50.4 Å². The van der Waals surface area contributed by atoms with Crippen molar-refractivity contribution in [3.8, 4) is 5.75 Å². The van der Waals surface area contributed by atoms with Crippen molar-refractivity contribution >= 4 is 18.0 Å². The van der Waals surface area contributed by atoms with E-state index < -0.39 is 0 Å². The molecule has 1 aliphatic heterocycles. The third kappa shape index (κ3) is 7.06. The number of carbonyl (C=O) groups excluding carboxylic acids is 1. The number of ether oxygens (including phenoxy) is 1. The molecule has 5 heteroatoms. The molecular formula is C21H27ClN2O2. The van der Waals surface area contributed by atoms with Gasteiger partial charge in [-0.2, -0.15) is 0 Å². The normalized spacial score (nSPS) is 12.8. The summed E-state index contributed by atoms with van der Waals surface area (Å²) in [4.78, 5) is 10.2. The zero-order valence-electron chi connectivity index (χ0n) is 15.3. The van der Waals surface area contributed by atoms with E-state index in [0.717, 1.165) is 33.9 Å². The SMILES string of the molecule is C1CCNC1.Cc1cccc(Cl)c1COc1ccc(CCNC=O)cc1. The van der Waals surface area contributed by atoms with Crippen LogP contribution in [0, 0.1) is 6.92 Å². The van der Waals surface area contributed by atoms with Crippen LogP contribution in [0.5, 0.6) is 5.75 Å². The van der Waals surface area contributed by atoms with Gasteiger partial charge in [0.15, 0.2) is 0 Å². The molecule has 0 atom stereocenters. The van der Waals surface area contributed by atoms with Gasteiger partial charge in [-0.15, -0.1) is 0 Å². The molecule has 0 spiro atoms. The minimum Gasteiger partial charge on any atom is -0.489 e. The molecule has 1 fully saturated rings. The monoisotopic (exact) mass is 374 g/mol. The first-order chi connectivity index (χ1) is 12.7. The molecule has 1 amide bonds. The van der Waals surface area contributed by atoms with Crippen LogP contribution < -0.4 is 15.4 Å². The molecule has 26 heavy (non-hydrogen) atoms. The number of halogens is 1. The first kappa shape index (κ1) is 20.3. The molecule has 0 bridgehead atoms. The first-order valence-corrected chi connectivity index (χ1v) is 9.42. The zero-order valence-corrected chi connectivity index (χ0v) is 16.0. The lowest BCUT2D eigenvalue weighted by Gasteiger charge is -2.11. The van der Waals surface area contributed by atoms with E-state index in [0.29, 0.717) is 19.6 Å². The summed E-state index contributed by atoms with van der Waals surface area (Å²) in [5.41, 5.74) is 3.29. The van der Waals surface area contributed by atoms with Gasteiger partial charge >= 0.3 is 0 Å². The number of benzene rings is 2. The van der Waals surface area contributed by atoms with E-state index in [-0.39, 0.29) is 0 Å². The smallest absolute Gasteiger partial charge is 0.207 e. The molecule has 0 radical (unpaired) electrons. The van der Waals surface area contributed by atoms with Gasteiger partial charge in [0.2, 0.25) is 6.41 Å². The van der Waals surface area contributed by atoms with E-state index in [4.69, 9.17) is 16.3 Å². The van der Waals surface area contributed by atoms with E-state index in [2.05, 4.69) is 10.6 Å². The van der Waals surface area contributed by atoms with Crippen LogP contribution in [-0.4, -0.2) is 26.0 Å². The maximum absolute atomic E-state index is 10.2. The van der Waals surface area contributed by atoms with Gasteiger partial charge in [0, 0.05) is 17.1 Å². The molecular weight excluding hydrogens is 348 g/mol. The Kier molecular flexibility index (Phi) is 9.01. The summed E-state index contributed by atoms with van der Waals surface area (Å²) < 4.78 is 5.78. The van der Waals surface area contributed by atoms with E-state index in [1.165, 1.54) is 25.9 Å². The second kappa shape index (κ2) is 11.6. The predicted molar refractivity (Wildman–Crippen MR) is 107 cm³/mol. The summed E-state index contributed by atoms with van der Waals surface area (Å²) in [6.45, 7) is 5.62. The minimum atomic E-state index is 0.456. The summed E-state index contributed by atoms with van der Waals surface area (Å²) in [6.07, 6.45) is 4.30. The average Bonchev–Trinajstić information content (AvgIpc) is 3.23. The number of hydrogen-bond donors (Lipinski definition) is 2. The van der Waals surface area contributed by atoms with Crippen LogP contribution >= 0.6 is 11.6 Å². The molecule has 3 rings (SSSR count). The molecule has 4 nitrogen and oxygen atoms in total. The fraction of sp³-hybridized carbons (Fsp3) is 0.381. The lowest BCUT2D eigenvalue weighted by molar-refractivity contribution is -0.109. The highest BCUT2D eigenvalue weighted by Gasteiger charge is 2.04. The Hall–Kier alpha value is -2.04. The van der Waals surface area contributed by atoms with Crippen LogP contribution in [0.15, 0.2) is 42.5 Å². The van der Waals surface area contributed by atoms with Crippen molar-refractivity contribution in [2.45, 2.75) is 32.8 Å². The number of rotatable bonds is 7. The van der Waals surface area contributed by atoms with Gasteiger partial charge in [-0.25, -0.2) is 0 Å². The minimum absolute atomic E-state index is 0.456. The Morgan fingerprint density at radius 2 is 1.88 bits per heavy atom. The summed E-state index contributed by atoms with van der Waals surface area (Å²) in [5.74, 6) is 0.807. The molecule has 2 aromatic carbocycles. The number of carbonyl (C=O) groups is 1. The Morgan fingerprint density at radius 1 is 1.15 bits per heavy atom. The van der Waals surface area contributed by atoms with Crippen LogP contribution in [0.4, 0.5) is 0 Å². The van der Waals surface area contributed by atoms with Crippen LogP contribution in [-0.2, 0) is 17.8 Å². The van der Waals surface area contributed by atoms with Crippen molar-refractivity contribution in [3.63, 3.8) is 0 Å². The number of nitrogens with one attached hydrogen (secondary N) is 2. The van der Waals surface area contributed by atoms with Crippen molar-refractivity contribution in [2.24, 2.45) is 0 Å². The Labute approximate surface area is 160 Å². The Balaban J connectivity index is 0.000000417. The first-order valence-electron chi connectivity index (χ1n) is 9.04. The molecule has 0 saturated carbocycles. The number of amides is 1. The zero-order chi connectivity index (χ0) is 18.6. The highest BCUT2D eigenvalue weighted by atomic mass is 35.5. The fourth-order valence-electron chi connectivity index (χ4n) is 2.66. The van der Waals surface area contributed by atoms with Gasteiger partial charge in [-0.3, -0.25) is 4.79 Å². The predicted octanol–water partition coefficient (Wildman–Crippen LogP) is 3.89. The number of aryl methyl sites for hydroxylation is 1. The summed E-state index contributed by atoms with van der Waals surface area (Å²) in [7, 11) is 0. The van der Waals surface area contributed by atoms with Crippen molar-refractivity contribution < 1.29 is 9.53 Å². The van der Waals surface area contributed by atoms with Gasteiger partial charge in [0.05, 0.1) is 0 Å². The van der Waals surface area contributed by atoms with Crippen LogP contribution in [0.25, 0.3) is 0 Å². The fourth-order valence-corrected chi connectivity index (χ4v) is 2.93. The lowest BCUT2D eigenvalue weighted by atomic mass is 10.1. The van der Waals surface area contributed by atoms with Gasteiger partial charge in [0.25, 0.3) is 0 Å². The van der Waals surface area contributed by atoms with Crippen molar-refractivity contribution in [1.29, 1.82) is 0 Å². The van der Waals surface area contributed by atoms with Gasteiger partial charge in [-0.05, 0) is 68.6 Å². The third-order valence-electron chi connectivity index (χ3n) is 4.26. The van der Waals surface area contributed by atoms with E-state index >= 15 is 0 Å². The summed E-state index contributed by atoms with van der Waals surface area (Å²) in [6, 6.07) is 13.7. The van der Waals surface area contributed by atoms with Gasteiger partial charge in [-0.1, -0.05) is 35.9 Å². The molecule has 2 N–H and O–H groups in total. The molecule has 1 saturated heterocycles. The molecule has 0 aromatic heterocycles. The van der Waals surface area contributed by atoms with E-state index in [1.807, 2.05) is 49.4 Å². The van der Waals surface area contributed by atoms with Crippen molar-refractivity contribution in [1.82, 2.24) is 10.6 Å². The van der Waals surface area contributed by atoms with Crippen molar-refractivity contribution in [3.05, 3.63) is 64.2 Å². The highest BCUT2D eigenvalue weighted by molar-refractivity contribution is 6.31. The molecule has 2 aromatic rings. The highest BCUT2D eigenvalue weighted by Crippen LogP contribution is 2.22. The quantitative estimate of drug-likeness (QED) is 0.571. The molecule has 1 aliphatic rings. The van der Waals surface area contributed by atoms with E-state index in [1.54, 1.807) is 0 Å². The second-order valence-corrected chi connectivity index (χ2v) is 6.65. The molecule has 0 unspecified atom stereocenters. The Bertz CT molecular complexity index is 642. The van der Waals surface area contributed by atoms with Gasteiger partial charge in [0.1, 0.15) is 12.4 Å². The average molecular weight is 375 g/mol. The largest absolute Gasteiger partial charge is 0.489 e. The molecule has 140 valence electrons. The lowest BCUT2D eigenvalue weighted by Crippen LogP contribution is -2.14.